The Morgan fingerprint density at radius 2 is 2.05 bits per heavy atom. The number of carbonyl (C=O) groups excluding carboxylic acids is 1. The van der Waals surface area contributed by atoms with Gasteiger partial charge in [0.1, 0.15) is 5.01 Å². The number of aryl methyl sites for hydroxylation is 1. The summed E-state index contributed by atoms with van der Waals surface area (Å²) in [6, 6.07) is 0. The summed E-state index contributed by atoms with van der Waals surface area (Å²) in [6.45, 7) is 2.06. The van der Waals surface area contributed by atoms with E-state index in [-0.39, 0.29) is 15.6 Å². The van der Waals surface area contributed by atoms with Crippen molar-refractivity contribution in [1.82, 2.24) is 10.2 Å². The number of carbonyl (C=O) groups is 1. The first-order chi connectivity index (χ1) is 10.0. The molecule has 4 saturated carbocycles. The van der Waals surface area contributed by atoms with Gasteiger partial charge in [-0.15, -0.1) is 10.2 Å². The second-order valence-electron chi connectivity index (χ2n) is 7.20. The van der Waals surface area contributed by atoms with Crippen molar-refractivity contribution in [2.24, 2.45) is 17.3 Å². The number of amides is 1. The smallest absolute Gasteiger partial charge is 0.232 e. The molecule has 2 unspecified atom stereocenters. The maximum Gasteiger partial charge on any atom is 0.232 e. The van der Waals surface area contributed by atoms with Crippen LogP contribution in [0.4, 0.5) is 5.13 Å². The van der Waals surface area contributed by atoms with E-state index in [1.165, 1.54) is 30.6 Å². The van der Waals surface area contributed by atoms with Gasteiger partial charge in [-0.25, -0.2) is 0 Å². The number of anilines is 1. The minimum absolute atomic E-state index is 0.175. The molecule has 1 aromatic rings. The third-order valence-electron chi connectivity index (χ3n) is 5.46. The average Bonchev–Trinajstić information content (AvgIpc) is 2.83. The second-order valence-corrected chi connectivity index (χ2v) is 9.95. The topological polar surface area (TPSA) is 54.9 Å². The maximum atomic E-state index is 12.9. The van der Waals surface area contributed by atoms with Gasteiger partial charge in [0.2, 0.25) is 11.0 Å². The van der Waals surface area contributed by atoms with E-state index in [2.05, 4.69) is 38.4 Å². The van der Waals surface area contributed by atoms with Gasteiger partial charge in [0.15, 0.2) is 0 Å². The quantitative estimate of drug-likeness (QED) is 0.824. The molecule has 0 aromatic carbocycles. The first-order valence-electron chi connectivity index (χ1n) is 7.83. The van der Waals surface area contributed by atoms with E-state index in [0.29, 0.717) is 5.13 Å². The van der Waals surface area contributed by atoms with E-state index < -0.39 is 0 Å². The van der Waals surface area contributed by atoms with Crippen molar-refractivity contribution >= 4 is 38.3 Å². The molecule has 1 aromatic heterocycles. The fourth-order valence-electron chi connectivity index (χ4n) is 5.09. The zero-order valence-corrected chi connectivity index (χ0v) is 14.6. The molecule has 0 aliphatic heterocycles. The van der Waals surface area contributed by atoms with Gasteiger partial charge in [0.05, 0.1) is 5.41 Å². The van der Waals surface area contributed by atoms with Gasteiger partial charge >= 0.3 is 0 Å². The molecule has 1 amide bonds. The Hall–Kier alpha value is -0.490. The van der Waals surface area contributed by atoms with E-state index in [9.17, 15) is 4.79 Å². The van der Waals surface area contributed by atoms with Gasteiger partial charge in [0, 0.05) is 4.32 Å². The number of nitrogens with zero attached hydrogens (tertiary/aromatic N) is 2. The number of hydrogen-bond acceptors (Lipinski definition) is 4. The Bertz CT molecular complexity index is 573. The molecule has 4 fully saturated rings. The Labute approximate surface area is 137 Å². The summed E-state index contributed by atoms with van der Waals surface area (Å²) >= 11 is 5.45. The molecule has 6 heteroatoms. The van der Waals surface area contributed by atoms with Crippen LogP contribution in [0.25, 0.3) is 0 Å². The van der Waals surface area contributed by atoms with Gasteiger partial charge in [0.25, 0.3) is 0 Å². The summed E-state index contributed by atoms with van der Waals surface area (Å²) in [5.74, 6) is 1.62. The van der Waals surface area contributed by atoms with Crippen LogP contribution in [-0.4, -0.2) is 20.4 Å². The molecule has 4 aliphatic carbocycles. The van der Waals surface area contributed by atoms with Crippen molar-refractivity contribution in [2.45, 2.75) is 56.2 Å². The van der Waals surface area contributed by atoms with E-state index in [1.54, 1.807) is 0 Å². The molecular formula is C15H20BrN3OS. The highest BCUT2D eigenvalue weighted by Crippen LogP contribution is 2.64. The van der Waals surface area contributed by atoms with Crippen LogP contribution < -0.4 is 5.32 Å². The number of hydrogen-bond donors (Lipinski definition) is 1. The molecular weight excluding hydrogens is 350 g/mol. The zero-order chi connectivity index (χ0) is 14.7. The normalized spacial score (nSPS) is 40.5. The highest BCUT2D eigenvalue weighted by molar-refractivity contribution is 9.10. The predicted molar refractivity (Wildman–Crippen MR) is 86.7 cm³/mol. The summed E-state index contributed by atoms with van der Waals surface area (Å²) in [4.78, 5) is 12.9. The van der Waals surface area contributed by atoms with Crippen molar-refractivity contribution in [2.75, 3.05) is 5.32 Å². The number of halogens is 1. The zero-order valence-electron chi connectivity index (χ0n) is 12.2. The highest BCUT2D eigenvalue weighted by atomic mass is 79.9. The molecule has 1 heterocycles. The molecule has 4 aliphatic rings. The van der Waals surface area contributed by atoms with E-state index >= 15 is 0 Å². The van der Waals surface area contributed by atoms with Gasteiger partial charge in [-0.1, -0.05) is 34.2 Å². The molecule has 0 saturated heterocycles. The fourth-order valence-corrected chi connectivity index (χ4v) is 7.22. The summed E-state index contributed by atoms with van der Waals surface area (Å²) < 4.78 is 0.212. The molecule has 4 nitrogen and oxygen atoms in total. The molecule has 5 rings (SSSR count). The average molecular weight is 370 g/mol. The molecule has 21 heavy (non-hydrogen) atoms. The van der Waals surface area contributed by atoms with Crippen LogP contribution >= 0.6 is 27.3 Å². The third kappa shape index (κ3) is 2.34. The molecule has 4 atom stereocenters. The van der Waals surface area contributed by atoms with E-state index in [1.807, 2.05) is 0 Å². The Morgan fingerprint density at radius 1 is 1.33 bits per heavy atom. The Morgan fingerprint density at radius 3 is 2.62 bits per heavy atom. The van der Waals surface area contributed by atoms with Crippen LogP contribution in [0.3, 0.4) is 0 Å². The SMILES string of the molecule is CCc1nnc(NC(=O)C23C[C@@H]4C[C@@H](CC(Br)(C4)C2)C3)s1. The number of rotatable bonds is 3. The lowest BCUT2D eigenvalue weighted by molar-refractivity contribution is -0.138. The molecule has 4 bridgehead atoms. The summed E-state index contributed by atoms with van der Waals surface area (Å²) in [5.41, 5.74) is -0.175. The first-order valence-corrected chi connectivity index (χ1v) is 9.44. The maximum absolute atomic E-state index is 12.9. The minimum atomic E-state index is -0.175. The standard InChI is InChI=1S/C15H20BrN3OS/c1-2-11-18-19-13(21-11)17-12(20)14-4-9-3-10(5-14)7-15(16,6-9)8-14/h9-10H,2-8H2,1H3,(H,17,19,20)/t9-,10+,14?,15?. The number of aromatic nitrogens is 2. The number of alkyl halides is 1. The lowest BCUT2D eigenvalue weighted by Crippen LogP contribution is -2.57. The van der Waals surface area contributed by atoms with Crippen molar-refractivity contribution in [3.8, 4) is 0 Å². The molecule has 0 radical (unpaired) electrons. The van der Waals surface area contributed by atoms with E-state index in [4.69, 9.17) is 0 Å². The predicted octanol–water partition coefficient (Wildman–Crippen LogP) is 3.77. The van der Waals surface area contributed by atoms with Crippen LogP contribution in [0.5, 0.6) is 0 Å². The van der Waals surface area contributed by atoms with Gasteiger partial charge < -0.3 is 5.32 Å². The Kier molecular flexibility index (Phi) is 3.20. The highest BCUT2D eigenvalue weighted by Gasteiger charge is 2.59. The monoisotopic (exact) mass is 369 g/mol. The van der Waals surface area contributed by atoms with Gasteiger partial charge in [-0.3, -0.25) is 4.79 Å². The van der Waals surface area contributed by atoms with Crippen molar-refractivity contribution < 1.29 is 4.79 Å². The third-order valence-corrected chi connectivity index (χ3v) is 7.37. The first kappa shape index (κ1) is 14.1. The fraction of sp³-hybridized carbons (Fsp3) is 0.800. The molecule has 1 N–H and O–H groups in total. The van der Waals surface area contributed by atoms with Crippen LogP contribution in [0.2, 0.25) is 0 Å². The van der Waals surface area contributed by atoms with Crippen LogP contribution in [-0.2, 0) is 11.2 Å². The molecule has 0 spiro atoms. The van der Waals surface area contributed by atoms with E-state index in [0.717, 1.165) is 42.5 Å². The van der Waals surface area contributed by atoms with Crippen molar-refractivity contribution in [1.29, 1.82) is 0 Å². The van der Waals surface area contributed by atoms with Crippen molar-refractivity contribution in [3.05, 3.63) is 5.01 Å². The minimum Gasteiger partial charge on any atom is -0.300 e. The van der Waals surface area contributed by atoms with Gasteiger partial charge in [-0.2, -0.15) is 0 Å². The summed E-state index contributed by atoms with van der Waals surface area (Å²) in [7, 11) is 0. The summed E-state index contributed by atoms with van der Waals surface area (Å²) in [5, 5.41) is 12.9. The largest absolute Gasteiger partial charge is 0.300 e. The lowest BCUT2D eigenvalue weighted by Gasteiger charge is -2.59. The Balaban J connectivity index is 1.56. The molecule has 114 valence electrons. The number of nitrogens with one attached hydrogen (secondary N) is 1. The van der Waals surface area contributed by atoms with Crippen LogP contribution in [0.1, 0.15) is 50.5 Å². The van der Waals surface area contributed by atoms with Gasteiger partial charge in [-0.05, 0) is 56.8 Å². The second kappa shape index (κ2) is 4.75. The van der Waals surface area contributed by atoms with Crippen LogP contribution in [0, 0.1) is 17.3 Å². The van der Waals surface area contributed by atoms with Crippen LogP contribution in [0.15, 0.2) is 0 Å². The van der Waals surface area contributed by atoms with Crippen molar-refractivity contribution in [3.63, 3.8) is 0 Å². The lowest BCUT2D eigenvalue weighted by atomic mass is 9.49. The summed E-state index contributed by atoms with van der Waals surface area (Å²) in [6.07, 6.45) is 7.78.